The second kappa shape index (κ2) is 6.80. The summed E-state index contributed by atoms with van der Waals surface area (Å²) in [5.41, 5.74) is 5.75. The second-order valence-electron chi connectivity index (χ2n) is 4.20. The van der Waals surface area contributed by atoms with Gasteiger partial charge in [-0.3, -0.25) is 4.72 Å². The molecule has 0 radical (unpaired) electrons. The normalized spacial score (nSPS) is 11.1. The first-order chi connectivity index (χ1) is 10.0. The molecule has 0 fully saturated rings. The highest BCUT2D eigenvalue weighted by Gasteiger charge is 2.17. The third-order valence-electron chi connectivity index (χ3n) is 2.60. The van der Waals surface area contributed by atoms with Crippen LogP contribution in [0.4, 0.5) is 5.69 Å². The van der Waals surface area contributed by atoms with Gasteiger partial charge in [0.2, 0.25) is 0 Å². The molecule has 0 aromatic heterocycles. The van der Waals surface area contributed by atoms with Crippen molar-refractivity contribution in [3.05, 3.63) is 53.6 Å². The maximum atomic E-state index is 12.3. The van der Waals surface area contributed by atoms with E-state index in [1.807, 2.05) is 0 Å². The highest BCUT2D eigenvalue weighted by atomic mass is 35.5. The number of sulfonamides is 1. The van der Waals surface area contributed by atoms with Crippen LogP contribution in [0.1, 0.15) is 0 Å². The number of ether oxygens (including phenoxy) is 1. The van der Waals surface area contributed by atoms with E-state index in [0.717, 1.165) is 0 Å². The zero-order valence-corrected chi connectivity index (χ0v) is 12.7. The Morgan fingerprint density at radius 1 is 1.14 bits per heavy atom. The van der Waals surface area contributed by atoms with E-state index in [1.165, 1.54) is 12.1 Å². The lowest BCUT2D eigenvalue weighted by Crippen LogP contribution is -2.14. The SMILES string of the molecule is NCCOc1cccc(NS(=O)(=O)c2ccccc2Cl)c1. The molecule has 0 aliphatic carbocycles. The fourth-order valence-electron chi connectivity index (χ4n) is 1.70. The third-order valence-corrected chi connectivity index (χ3v) is 4.48. The van der Waals surface area contributed by atoms with Crippen LogP contribution in [0, 0.1) is 0 Å². The van der Waals surface area contributed by atoms with E-state index in [-0.39, 0.29) is 9.92 Å². The van der Waals surface area contributed by atoms with Crippen LogP contribution in [0.2, 0.25) is 5.02 Å². The summed E-state index contributed by atoms with van der Waals surface area (Å²) in [7, 11) is -3.74. The van der Waals surface area contributed by atoms with E-state index in [2.05, 4.69) is 4.72 Å². The van der Waals surface area contributed by atoms with Gasteiger partial charge >= 0.3 is 0 Å². The first-order valence-corrected chi connectivity index (χ1v) is 8.09. The summed E-state index contributed by atoms with van der Waals surface area (Å²) in [6.45, 7) is 0.746. The van der Waals surface area contributed by atoms with Crippen molar-refractivity contribution in [2.24, 2.45) is 5.73 Å². The number of hydrogen-bond acceptors (Lipinski definition) is 4. The van der Waals surface area contributed by atoms with Gasteiger partial charge in [-0.05, 0) is 24.3 Å². The Bertz CT molecular complexity index is 720. The number of halogens is 1. The molecule has 0 saturated carbocycles. The molecule has 0 spiro atoms. The number of nitrogens with one attached hydrogen (secondary N) is 1. The lowest BCUT2D eigenvalue weighted by molar-refractivity contribution is 0.328. The molecule has 0 saturated heterocycles. The van der Waals surface area contributed by atoms with Gasteiger partial charge < -0.3 is 10.5 Å². The molecular weight excluding hydrogens is 312 g/mol. The van der Waals surface area contributed by atoms with Crippen LogP contribution in [0.15, 0.2) is 53.4 Å². The second-order valence-corrected chi connectivity index (χ2v) is 6.26. The standard InChI is InChI=1S/C14H15ClN2O3S/c15-13-6-1-2-7-14(13)21(18,19)17-11-4-3-5-12(10-11)20-9-8-16/h1-7,10,17H,8-9,16H2. The summed E-state index contributed by atoms with van der Waals surface area (Å²) in [6, 6.07) is 12.9. The minimum absolute atomic E-state index is 0.0277. The summed E-state index contributed by atoms with van der Waals surface area (Å²) in [5, 5.41) is 0.167. The zero-order chi connectivity index (χ0) is 15.3. The third kappa shape index (κ3) is 4.10. The Kier molecular flexibility index (Phi) is 5.06. The van der Waals surface area contributed by atoms with E-state index in [1.54, 1.807) is 36.4 Å². The highest BCUT2D eigenvalue weighted by molar-refractivity contribution is 7.92. The van der Waals surface area contributed by atoms with Crippen LogP contribution >= 0.6 is 11.6 Å². The van der Waals surface area contributed by atoms with E-state index < -0.39 is 10.0 Å². The molecule has 0 aliphatic rings. The molecular formula is C14H15ClN2O3S. The molecule has 2 rings (SSSR count). The van der Waals surface area contributed by atoms with Crippen LogP contribution in [0.25, 0.3) is 0 Å². The monoisotopic (exact) mass is 326 g/mol. The average molecular weight is 327 g/mol. The number of benzene rings is 2. The molecule has 0 bridgehead atoms. The molecule has 7 heteroatoms. The van der Waals surface area contributed by atoms with Crippen LogP contribution in [-0.2, 0) is 10.0 Å². The van der Waals surface area contributed by atoms with Gasteiger partial charge in [-0.15, -0.1) is 0 Å². The predicted molar refractivity (Wildman–Crippen MR) is 83.3 cm³/mol. The van der Waals surface area contributed by atoms with Crippen LogP contribution in [0.5, 0.6) is 5.75 Å². The molecule has 2 aromatic rings. The van der Waals surface area contributed by atoms with Crippen molar-refractivity contribution in [1.82, 2.24) is 0 Å². The first-order valence-electron chi connectivity index (χ1n) is 6.23. The molecule has 0 atom stereocenters. The van der Waals surface area contributed by atoms with Gasteiger partial charge in [0, 0.05) is 12.6 Å². The van der Waals surface area contributed by atoms with Crippen LogP contribution < -0.4 is 15.2 Å². The Labute approximate surface area is 128 Å². The Morgan fingerprint density at radius 2 is 1.90 bits per heavy atom. The number of hydrogen-bond donors (Lipinski definition) is 2. The smallest absolute Gasteiger partial charge is 0.263 e. The van der Waals surface area contributed by atoms with Gasteiger partial charge in [-0.1, -0.05) is 29.8 Å². The number of anilines is 1. The Hall–Kier alpha value is -1.76. The van der Waals surface area contributed by atoms with Crippen molar-refractivity contribution in [1.29, 1.82) is 0 Å². The van der Waals surface area contributed by atoms with E-state index in [0.29, 0.717) is 24.6 Å². The summed E-state index contributed by atoms with van der Waals surface area (Å²) in [4.78, 5) is 0.0277. The van der Waals surface area contributed by atoms with E-state index in [9.17, 15) is 8.42 Å². The first kappa shape index (κ1) is 15.6. The van der Waals surface area contributed by atoms with Crippen LogP contribution in [-0.4, -0.2) is 21.6 Å². The quantitative estimate of drug-likeness (QED) is 0.854. The van der Waals surface area contributed by atoms with Crippen molar-refractivity contribution in [2.75, 3.05) is 17.9 Å². The summed E-state index contributed by atoms with van der Waals surface area (Å²) >= 11 is 5.92. The van der Waals surface area contributed by atoms with Gasteiger partial charge in [-0.2, -0.15) is 0 Å². The summed E-state index contributed by atoms with van der Waals surface area (Å²) < 4.78 is 32.4. The lowest BCUT2D eigenvalue weighted by atomic mass is 10.3. The predicted octanol–water partition coefficient (Wildman–Crippen LogP) is 2.48. The topological polar surface area (TPSA) is 81.4 Å². The molecule has 0 heterocycles. The van der Waals surface area contributed by atoms with Gasteiger partial charge in [0.15, 0.2) is 0 Å². The fourth-order valence-corrected chi connectivity index (χ4v) is 3.27. The minimum Gasteiger partial charge on any atom is -0.492 e. The Morgan fingerprint density at radius 3 is 2.62 bits per heavy atom. The van der Waals surface area contributed by atoms with Gasteiger partial charge in [-0.25, -0.2) is 8.42 Å². The molecule has 112 valence electrons. The van der Waals surface area contributed by atoms with Gasteiger partial charge in [0.25, 0.3) is 10.0 Å². The van der Waals surface area contributed by atoms with Gasteiger partial charge in [0.05, 0.1) is 10.7 Å². The van der Waals surface area contributed by atoms with Crippen molar-refractivity contribution < 1.29 is 13.2 Å². The number of rotatable bonds is 6. The molecule has 2 aromatic carbocycles. The maximum absolute atomic E-state index is 12.3. The zero-order valence-electron chi connectivity index (χ0n) is 11.1. The number of nitrogens with two attached hydrogens (primary N) is 1. The van der Waals surface area contributed by atoms with Gasteiger partial charge in [0.1, 0.15) is 17.3 Å². The molecule has 3 N–H and O–H groups in total. The molecule has 5 nitrogen and oxygen atoms in total. The average Bonchev–Trinajstić information content (AvgIpc) is 2.45. The maximum Gasteiger partial charge on any atom is 0.263 e. The molecule has 0 unspecified atom stereocenters. The van der Waals surface area contributed by atoms with Crippen molar-refractivity contribution >= 4 is 27.3 Å². The minimum atomic E-state index is -3.74. The largest absolute Gasteiger partial charge is 0.492 e. The van der Waals surface area contributed by atoms with Crippen LogP contribution in [0.3, 0.4) is 0 Å². The molecule has 0 amide bonds. The highest BCUT2D eigenvalue weighted by Crippen LogP contribution is 2.25. The van der Waals surface area contributed by atoms with Crippen molar-refractivity contribution in [3.63, 3.8) is 0 Å². The summed E-state index contributed by atoms with van der Waals surface area (Å²) in [6.07, 6.45) is 0. The molecule has 0 aliphatic heterocycles. The summed E-state index contributed by atoms with van der Waals surface area (Å²) in [5.74, 6) is 0.541. The Balaban J connectivity index is 2.23. The van der Waals surface area contributed by atoms with Crippen molar-refractivity contribution in [2.45, 2.75) is 4.90 Å². The fraction of sp³-hybridized carbons (Fsp3) is 0.143. The van der Waals surface area contributed by atoms with Crippen molar-refractivity contribution in [3.8, 4) is 5.75 Å². The van der Waals surface area contributed by atoms with E-state index >= 15 is 0 Å². The lowest BCUT2D eigenvalue weighted by Gasteiger charge is -2.11. The van der Waals surface area contributed by atoms with E-state index in [4.69, 9.17) is 22.1 Å². The molecule has 21 heavy (non-hydrogen) atoms.